The minimum absolute atomic E-state index is 0.185. The number of nitrogens with zero attached hydrogens (tertiary/aromatic N) is 3. The third kappa shape index (κ3) is 2.42. The van der Waals surface area contributed by atoms with Crippen LogP contribution in [-0.2, 0) is 11.3 Å². The van der Waals surface area contributed by atoms with Crippen LogP contribution in [-0.4, -0.2) is 40.1 Å². The van der Waals surface area contributed by atoms with Crippen LogP contribution in [0.15, 0.2) is 35.1 Å². The summed E-state index contributed by atoms with van der Waals surface area (Å²) in [6.45, 7) is 2.57. The van der Waals surface area contributed by atoms with Gasteiger partial charge in [-0.15, -0.1) is 0 Å². The fourth-order valence-electron chi connectivity index (χ4n) is 3.23. The molecule has 2 aliphatic rings. The normalized spacial score (nSPS) is 25.0. The monoisotopic (exact) mass is 284 g/mol. The molecule has 2 aliphatic heterocycles. The topological polar surface area (TPSA) is 71.3 Å². The maximum atomic E-state index is 11.3. The molecule has 0 unspecified atom stereocenters. The van der Waals surface area contributed by atoms with E-state index in [1.165, 1.54) is 0 Å². The molecule has 0 saturated carbocycles. The van der Waals surface area contributed by atoms with Gasteiger partial charge in [-0.3, -0.25) is 14.7 Å². The second-order valence-corrected chi connectivity index (χ2v) is 5.75. The molecule has 2 fully saturated rings. The first-order valence-electron chi connectivity index (χ1n) is 7.15. The van der Waals surface area contributed by atoms with Gasteiger partial charge in [0.25, 0.3) is 0 Å². The molecule has 0 aromatic carbocycles. The molecule has 6 heteroatoms. The van der Waals surface area contributed by atoms with E-state index < -0.39 is 0 Å². The van der Waals surface area contributed by atoms with Crippen molar-refractivity contribution in [2.75, 3.05) is 13.1 Å². The van der Waals surface area contributed by atoms with E-state index in [4.69, 9.17) is 4.52 Å². The summed E-state index contributed by atoms with van der Waals surface area (Å²) in [6.07, 6.45) is 4.14. The van der Waals surface area contributed by atoms with E-state index in [1.807, 2.05) is 18.2 Å². The van der Waals surface area contributed by atoms with E-state index >= 15 is 0 Å². The Morgan fingerprint density at radius 1 is 1.33 bits per heavy atom. The van der Waals surface area contributed by atoms with Crippen molar-refractivity contribution in [1.82, 2.24) is 20.4 Å². The van der Waals surface area contributed by atoms with Gasteiger partial charge in [0.2, 0.25) is 5.91 Å². The van der Waals surface area contributed by atoms with E-state index in [1.54, 1.807) is 12.4 Å². The second kappa shape index (κ2) is 4.96. The van der Waals surface area contributed by atoms with Crippen LogP contribution in [0.2, 0.25) is 0 Å². The molecule has 2 aromatic rings. The van der Waals surface area contributed by atoms with Crippen LogP contribution in [0.1, 0.15) is 12.2 Å². The van der Waals surface area contributed by atoms with Crippen LogP contribution in [0.4, 0.5) is 0 Å². The number of fused-ring (bicyclic) bond motifs is 1. The molecule has 2 aromatic heterocycles. The van der Waals surface area contributed by atoms with E-state index in [-0.39, 0.29) is 5.91 Å². The van der Waals surface area contributed by atoms with Crippen molar-refractivity contribution in [1.29, 1.82) is 0 Å². The Kier molecular flexibility index (Phi) is 2.96. The highest BCUT2D eigenvalue weighted by Gasteiger charge is 2.39. The predicted octanol–water partition coefficient (Wildman–Crippen LogP) is 1.06. The summed E-state index contributed by atoms with van der Waals surface area (Å²) >= 11 is 0. The summed E-state index contributed by atoms with van der Waals surface area (Å²) in [7, 11) is 0. The van der Waals surface area contributed by atoms with Gasteiger partial charge in [-0.2, -0.15) is 0 Å². The van der Waals surface area contributed by atoms with E-state index in [9.17, 15) is 4.79 Å². The highest BCUT2D eigenvalue weighted by molar-refractivity contribution is 5.79. The Balaban J connectivity index is 1.43. The number of likely N-dealkylation sites (tertiary alicyclic amines) is 1. The number of hydrogen-bond donors (Lipinski definition) is 1. The second-order valence-electron chi connectivity index (χ2n) is 5.75. The van der Waals surface area contributed by atoms with Gasteiger partial charge in [-0.25, -0.2) is 0 Å². The summed E-state index contributed by atoms with van der Waals surface area (Å²) in [4.78, 5) is 17.6. The molecule has 108 valence electrons. The Morgan fingerprint density at radius 3 is 3.00 bits per heavy atom. The van der Waals surface area contributed by atoms with Crippen molar-refractivity contribution in [3.8, 4) is 11.3 Å². The number of nitrogens with one attached hydrogen (secondary N) is 1. The van der Waals surface area contributed by atoms with Crippen LogP contribution in [0.25, 0.3) is 11.3 Å². The average Bonchev–Trinajstić information content (AvgIpc) is 3.15. The standard InChI is InChI=1S/C15H16N4O2/c20-15-5-11-7-19(9-14(11)17-15)8-12-6-13(18-21-12)10-1-3-16-4-2-10/h1-4,6,11,14H,5,7-9H2,(H,17,20)/t11-,14+/m0/s1. The summed E-state index contributed by atoms with van der Waals surface area (Å²) in [5.41, 5.74) is 1.84. The van der Waals surface area contributed by atoms with Gasteiger partial charge >= 0.3 is 0 Å². The molecule has 6 nitrogen and oxygen atoms in total. The number of carbonyl (C=O) groups is 1. The molecule has 21 heavy (non-hydrogen) atoms. The zero-order valence-electron chi connectivity index (χ0n) is 11.5. The van der Waals surface area contributed by atoms with Gasteiger partial charge in [0.1, 0.15) is 5.69 Å². The summed E-state index contributed by atoms with van der Waals surface area (Å²) in [5, 5.41) is 7.14. The van der Waals surface area contributed by atoms with Crippen LogP contribution in [0, 0.1) is 5.92 Å². The quantitative estimate of drug-likeness (QED) is 0.912. The van der Waals surface area contributed by atoms with Crippen LogP contribution in [0.3, 0.4) is 0 Å². The molecule has 2 atom stereocenters. The molecular weight excluding hydrogens is 268 g/mol. The number of carbonyl (C=O) groups excluding carboxylic acids is 1. The Hall–Kier alpha value is -2.21. The maximum Gasteiger partial charge on any atom is 0.220 e. The number of hydrogen-bond acceptors (Lipinski definition) is 5. The first-order chi connectivity index (χ1) is 10.3. The molecule has 4 rings (SSSR count). The molecule has 0 radical (unpaired) electrons. The first kappa shape index (κ1) is 12.5. The largest absolute Gasteiger partial charge is 0.359 e. The predicted molar refractivity (Wildman–Crippen MR) is 75.0 cm³/mol. The molecule has 0 bridgehead atoms. The van der Waals surface area contributed by atoms with Crippen LogP contribution >= 0.6 is 0 Å². The molecule has 1 N–H and O–H groups in total. The zero-order chi connectivity index (χ0) is 14.2. The highest BCUT2D eigenvalue weighted by atomic mass is 16.5. The Bertz CT molecular complexity index is 639. The minimum Gasteiger partial charge on any atom is -0.359 e. The lowest BCUT2D eigenvalue weighted by molar-refractivity contribution is -0.119. The van der Waals surface area contributed by atoms with Crippen molar-refractivity contribution < 1.29 is 9.32 Å². The third-order valence-corrected chi connectivity index (χ3v) is 4.23. The molecule has 2 saturated heterocycles. The number of rotatable bonds is 3. The first-order valence-corrected chi connectivity index (χ1v) is 7.15. The molecule has 0 spiro atoms. The van der Waals surface area contributed by atoms with Crippen molar-refractivity contribution in [3.63, 3.8) is 0 Å². The van der Waals surface area contributed by atoms with Crippen molar-refractivity contribution in [3.05, 3.63) is 36.4 Å². The molecule has 0 aliphatic carbocycles. The van der Waals surface area contributed by atoms with Crippen LogP contribution < -0.4 is 5.32 Å². The summed E-state index contributed by atoms with van der Waals surface area (Å²) < 4.78 is 5.42. The van der Waals surface area contributed by atoms with Gasteiger partial charge < -0.3 is 9.84 Å². The van der Waals surface area contributed by atoms with E-state index in [2.05, 4.69) is 20.4 Å². The number of aromatic nitrogens is 2. The zero-order valence-corrected chi connectivity index (χ0v) is 11.5. The lowest BCUT2D eigenvalue weighted by atomic mass is 10.1. The molecular formula is C15H16N4O2. The summed E-state index contributed by atoms with van der Waals surface area (Å²) in [5.74, 6) is 1.48. The minimum atomic E-state index is 0.185. The maximum absolute atomic E-state index is 11.3. The Labute approximate surface area is 122 Å². The average molecular weight is 284 g/mol. The molecule has 4 heterocycles. The van der Waals surface area contributed by atoms with Gasteiger partial charge in [-0.1, -0.05) is 5.16 Å². The number of amides is 1. The van der Waals surface area contributed by atoms with Crippen LogP contribution in [0.5, 0.6) is 0 Å². The van der Waals surface area contributed by atoms with Crippen molar-refractivity contribution in [2.24, 2.45) is 5.92 Å². The molecule has 1 amide bonds. The van der Waals surface area contributed by atoms with E-state index in [0.717, 1.165) is 36.7 Å². The number of pyridine rings is 1. The van der Waals surface area contributed by atoms with Gasteiger partial charge in [-0.05, 0) is 12.1 Å². The van der Waals surface area contributed by atoms with Gasteiger partial charge in [0, 0.05) is 55.5 Å². The van der Waals surface area contributed by atoms with Crippen molar-refractivity contribution in [2.45, 2.75) is 19.0 Å². The fraction of sp³-hybridized carbons (Fsp3) is 0.400. The fourth-order valence-corrected chi connectivity index (χ4v) is 3.23. The van der Waals surface area contributed by atoms with E-state index in [0.29, 0.717) is 18.4 Å². The Morgan fingerprint density at radius 2 is 2.19 bits per heavy atom. The lowest BCUT2D eigenvalue weighted by Crippen LogP contribution is -2.32. The SMILES string of the molecule is O=C1C[C@H]2CN(Cc3cc(-c4ccncc4)no3)C[C@H]2N1. The summed E-state index contributed by atoms with van der Waals surface area (Å²) in [6, 6.07) is 6.11. The highest BCUT2D eigenvalue weighted by Crippen LogP contribution is 2.27. The van der Waals surface area contributed by atoms with Gasteiger partial charge in [0.15, 0.2) is 5.76 Å². The third-order valence-electron chi connectivity index (χ3n) is 4.23. The van der Waals surface area contributed by atoms with Crippen molar-refractivity contribution >= 4 is 5.91 Å². The smallest absolute Gasteiger partial charge is 0.220 e. The van der Waals surface area contributed by atoms with Gasteiger partial charge in [0.05, 0.1) is 6.54 Å². The lowest BCUT2D eigenvalue weighted by Gasteiger charge is -2.14.